The highest BCUT2D eigenvalue weighted by atomic mass is 16.1. The summed E-state index contributed by atoms with van der Waals surface area (Å²) >= 11 is 0. The molecular formula is C15H26N2O. The second-order valence-corrected chi connectivity index (χ2v) is 6.66. The molecule has 0 saturated heterocycles. The van der Waals surface area contributed by atoms with Crippen molar-refractivity contribution in [1.29, 1.82) is 0 Å². The molecule has 0 aliphatic heterocycles. The fourth-order valence-electron chi connectivity index (χ4n) is 4.34. The van der Waals surface area contributed by atoms with Crippen LogP contribution in [-0.2, 0) is 4.79 Å². The lowest BCUT2D eigenvalue weighted by Gasteiger charge is -2.38. The Bertz CT molecular complexity index is 322. The molecule has 3 atom stereocenters. The van der Waals surface area contributed by atoms with Gasteiger partial charge in [-0.05, 0) is 37.5 Å². The predicted octanol–water partition coefficient (Wildman–Crippen LogP) is 2.34. The molecule has 0 spiro atoms. The smallest absolute Gasteiger partial charge is 0.238 e. The summed E-state index contributed by atoms with van der Waals surface area (Å²) in [6.07, 6.45) is 12.5. The third-order valence-electron chi connectivity index (χ3n) is 5.46. The van der Waals surface area contributed by atoms with Crippen molar-refractivity contribution in [1.82, 2.24) is 5.32 Å². The number of nitrogens with one attached hydrogen (secondary N) is 1. The summed E-state index contributed by atoms with van der Waals surface area (Å²) in [6.45, 7) is 0. The Morgan fingerprint density at radius 1 is 1.06 bits per heavy atom. The summed E-state index contributed by atoms with van der Waals surface area (Å²) in [7, 11) is 0. The van der Waals surface area contributed by atoms with Gasteiger partial charge in [-0.2, -0.15) is 0 Å². The number of carbonyl (C=O) groups is 1. The van der Waals surface area contributed by atoms with Crippen LogP contribution in [0.15, 0.2) is 0 Å². The van der Waals surface area contributed by atoms with Crippen molar-refractivity contribution in [2.45, 2.75) is 75.8 Å². The van der Waals surface area contributed by atoms with Crippen molar-refractivity contribution < 1.29 is 4.79 Å². The van der Waals surface area contributed by atoms with Gasteiger partial charge in [0, 0.05) is 6.04 Å². The third-order valence-corrected chi connectivity index (χ3v) is 5.46. The van der Waals surface area contributed by atoms with E-state index in [4.69, 9.17) is 5.73 Å². The lowest BCUT2D eigenvalue weighted by molar-refractivity contribution is -0.127. The van der Waals surface area contributed by atoms with Gasteiger partial charge in [0.2, 0.25) is 5.91 Å². The monoisotopic (exact) mass is 250 g/mol. The molecule has 3 fully saturated rings. The van der Waals surface area contributed by atoms with Gasteiger partial charge in [0.25, 0.3) is 0 Å². The van der Waals surface area contributed by atoms with E-state index in [1.807, 2.05) is 0 Å². The fraction of sp³-hybridized carbons (Fsp3) is 0.933. The maximum Gasteiger partial charge on any atom is 0.238 e. The van der Waals surface area contributed by atoms with E-state index in [1.165, 1.54) is 57.8 Å². The van der Waals surface area contributed by atoms with Crippen LogP contribution in [0.4, 0.5) is 0 Å². The average Bonchev–Trinajstić information content (AvgIpc) is 3.12. The minimum absolute atomic E-state index is 0.0843. The highest BCUT2D eigenvalue weighted by Gasteiger charge is 2.58. The number of fused-ring (bicyclic) bond motifs is 1. The Hall–Kier alpha value is -0.570. The van der Waals surface area contributed by atoms with Crippen LogP contribution >= 0.6 is 0 Å². The van der Waals surface area contributed by atoms with Crippen LogP contribution in [0, 0.1) is 11.8 Å². The minimum Gasteiger partial charge on any atom is -0.368 e. The first-order valence-electron chi connectivity index (χ1n) is 7.80. The third kappa shape index (κ3) is 2.18. The average molecular weight is 250 g/mol. The zero-order chi connectivity index (χ0) is 12.6. The van der Waals surface area contributed by atoms with Gasteiger partial charge in [0.05, 0.1) is 0 Å². The molecule has 0 radical (unpaired) electrons. The Labute approximate surface area is 110 Å². The van der Waals surface area contributed by atoms with Gasteiger partial charge in [-0.25, -0.2) is 0 Å². The molecular weight excluding hydrogens is 224 g/mol. The first-order chi connectivity index (χ1) is 8.72. The zero-order valence-electron chi connectivity index (χ0n) is 11.3. The van der Waals surface area contributed by atoms with Gasteiger partial charge in [0.1, 0.15) is 5.54 Å². The number of primary amides is 1. The molecule has 1 amide bonds. The molecule has 3 aliphatic rings. The standard InChI is InChI=1S/C15H26N2O/c16-14(18)15(9-5-6-11-10-13(11)15)17-12-7-3-1-2-4-8-12/h11-13,17H,1-10H2,(H2,16,18). The van der Waals surface area contributed by atoms with E-state index in [9.17, 15) is 4.79 Å². The summed E-state index contributed by atoms with van der Waals surface area (Å²) in [4.78, 5) is 12.0. The van der Waals surface area contributed by atoms with Gasteiger partial charge in [-0.15, -0.1) is 0 Å². The van der Waals surface area contributed by atoms with Crippen LogP contribution in [0.25, 0.3) is 0 Å². The predicted molar refractivity (Wildman–Crippen MR) is 72.0 cm³/mol. The number of carbonyl (C=O) groups excluding carboxylic acids is 1. The normalized spacial score (nSPS) is 40.9. The lowest BCUT2D eigenvalue weighted by Crippen LogP contribution is -2.61. The summed E-state index contributed by atoms with van der Waals surface area (Å²) in [6, 6.07) is 0.527. The Morgan fingerprint density at radius 2 is 1.78 bits per heavy atom. The number of hydrogen-bond acceptors (Lipinski definition) is 2. The lowest BCUT2D eigenvalue weighted by atomic mass is 9.79. The van der Waals surface area contributed by atoms with E-state index in [2.05, 4.69) is 5.32 Å². The maximum absolute atomic E-state index is 12.0. The van der Waals surface area contributed by atoms with Gasteiger partial charge < -0.3 is 11.1 Å². The van der Waals surface area contributed by atoms with Crippen molar-refractivity contribution >= 4 is 5.91 Å². The quantitative estimate of drug-likeness (QED) is 0.755. The topological polar surface area (TPSA) is 55.1 Å². The molecule has 3 saturated carbocycles. The van der Waals surface area contributed by atoms with E-state index in [1.54, 1.807) is 0 Å². The molecule has 0 bridgehead atoms. The van der Waals surface area contributed by atoms with Gasteiger partial charge in [-0.1, -0.05) is 38.5 Å². The van der Waals surface area contributed by atoms with E-state index in [0.29, 0.717) is 12.0 Å². The number of rotatable bonds is 3. The van der Waals surface area contributed by atoms with E-state index in [-0.39, 0.29) is 11.4 Å². The van der Waals surface area contributed by atoms with Crippen LogP contribution in [-0.4, -0.2) is 17.5 Å². The molecule has 3 N–H and O–H groups in total. The Balaban J connectivity index is 1.71. The Morgan fingerprint density at radius 3 is 2.44 bits per heavy atom. The van der Waals surface area contributed by atoms with E-state index in [0.717, 1.165) is 12.3 Å². The molecule has 3 aliphatic carbocycles. The largest absolute Gasteiger partial charge is 0.368 e. The highest BCUT2D eigenvalue weighted by Crippen LogP contribution is 2.55. The van der Waals surface area contributed by atoms with Crippen LogP contribution in [0.3, 0.4) is 0 Å². The molecule has 3 heteroatoms. The fourth-order valence-corrected chi connectivity index (χ4v) is 4.34. The second-order valence-electron chi connectivity index (χ2n) is 6.66. The number of amides is 1. The minimum atomic E-state index is -0.349. The molecule has 0 aromatic heterocycles. The first-order valence-corrected chi connectivity index (χ1v) is 7.80. The van der Waals surface area contributed by atoms with Crippen molar-refractivity contribution in [2.24, 2.45) is 17.6 Å². The summed E-state index contributed by atoms with van der Waals surface area (Å²) in [5, 5.41) is 3.73. The highest BCUT2D eigenvalue weighted by molar-refractivity contribution is 5.86. The van der Waals surface area contributed by atoms with E-state index >= 15 is 0 Å². The van der Waals surface area contributed by atoms with Crippen LogP contribution < -0.4 is 11.1 Å². The van der Waals surface area contributed by atoms with Gasteiger partial charge >= 0.3 is 0 Å². The molecule has 102 valence electrons. The van der Waals surface area contributed by atoms with Crippen LogP contribution in [0.1, 0.15) is 64.2 Å². The van der Waals surface area contributed by atoms with Gasteiger partial charge in [-0.3, -0.25) is 4.79 Å². The van der Waals surface area contributed by atoms with Crippen molar-refractivity contribution in [3.05, 3.63) is 0 Å². The number of hydrogen-bond donors (Lipinski definition) is 2. The Kier molecular flexibility index (Phi) is 3.35. The maximum atomic E-state index is 12.0. The summed E-state index contributed by atoms with van der Waals surface area (Å²) in [5.41, 5.74) is 5.42. The van der Waals surface area contributed by atoms with E-state index < -0.39 is 0 Å². The zero-order valence-corrected chi connectivity index (χ0v) is 11.3. The first kappa shape index (κ1) is 12.5. The summed E-state index contributed by atoms with van der Waals surface area (Å²) in [5.74, 6) is 1.25. The van der Waals surface area contributed by atoms with Crippen molar-refractivity contribution in [3.8, 4) is 0 Å². The van der Waals surface area contributed by atoms with Crippen molar-refractivity contribution in [2.75, 3.05) is 0 Å². The summed E-state index contributed by atoms with van der Waals surface area (Å²) < 4.78 is 0. The molecule has 0 aromatic carbocycles. The second kappa shape index (κ2) is 4.84. The number of nitrogens with two attached hydrogens (primary N) is 1. The van der Waals surface area contributed by atoms with Gasteiger partial charge in [0.15, 0.2) is 0 Å². The van der Waals surface area contributed by atoms with Crippen LogP contribution in [0.2, 0.25) is 0 Å². The molecule has 3 rings (SSSR count). The molecule has 18 heavy (non-hydrogen) atoms. The molecule has 0 heterocycles. The molecule has 3 nitrogen and oxygen atoms in total. The molecule has 0 aromatic rings. The molecule has 3 unspecified atom stereocenters. The van der Waals surface area contributed by atoms with Crippen LogP contribution in [0.5, 0.6) is 0 Å². The van der Waals surface area contributed by atoms with Crippen molar-refractivity contribution in [3.63, 3.8) is 0 Å². The SMILES string of the molecule is NC(=O)C1(NC2CCCCCC2)CCCC2CC21.